The number of hydrogen-bond donors (Lipinski definition) is 0. The van der Waals surface area contributed by atoms with Crippen LogP contribution in [0, 0.1) is 0 Å². The molecule has 0 atom stereocenters. The van der Waals surface area contributed by atoms with Gasteiger partial charge in [-0.05, 0) is 37.0 Å². The van der Waals surface area contributed by atoms with Gasteiger partial charge >= 0.3 is 5.97 Å². The van der Waals surface area contributed by atoms with Crippen molar-refractivity contribution in [3.8, 4) is 0 Å². The Hall–Kier alpha value is -1.84. The Morgan fingerprint density at radius 3 is 2.29 bits per heavy atom. The minimum Gasteiger partial charge on any atom is -0.462 e. The lowest BCUT2D eigenvalue weighted by molar-refractivity contribution is -0.162. The predicted molar refractivity (Wildman–Crippen MR) is 81.2 cm³/mol. The molecule has 0 saturated carbocycles. The Labute approximate surface area is 126 Å². The van der Waals surface area contributed by atoms with Gasteiger partial charge in [-0.2, -0.15) is 0 Å². The zero-order valence-corrected chi connectivity index (χ0v) is 13.4. The van der Waals surface area contributed by atoms with Crippen molar-refractivity contribution in [3.63, 3.8) is 0 Å². The van der Waals surface area contributed by atoms with Crippen LogP contribution in [-0.4, -0.2) is 35.5 Å². The monoisotopic (exact) mass is 289 g/mol. The van der Waals surface area contributed by atoms with E-state index in [1.165, 1.54) is 5.56 Å². The van der Waals surface area contributed by atoms with Crippen LogP contribution in [0.1, 0.15) is 50.5 Å². The van der Waals surface area contributed by atoms with Crippen LogP contribution >= 0.6 is 0 Å². The third-order valence-electron chi connectivity index (χ3n) is 3.97. The van der Waals surface area contributed by atoms with Crippen LogP contribution in [0.15, 0.2) is 24.3 Å². The molecule has 1 aromatic carbocycles. The summed E-state index contributed by atoms with van der Waals surface area (Å²) in [5.41, 5.74) is 0.913. The molecule has 1 fully saturated rings. The summed E-state index contributed by atoms with van der Waals surface area (Å²) < 4.78 is 5.04. The summed E-state index contributed by atoms with van der Waals surface area (Å²) in [7, 11) is 0. The van der Waals surface area contributed by atoms with Crippen LogP contribution in [0.5, 0.6) is 0 Å². The molecular weight excluding hydrogens is 266 g/mol. The van der Waals surface area contributed by atoms with Crippen LogP contribution in [0.2, 0.25) is 0 Å². The van der Waals surface area contributed by atoms with E-state index in [9.17, 15) is 9.59 Å². The molecule has 1 aliphatic rings. The molecule has 2 rings (SSSR count). The lowest BCUT2D eigenvalue weighted by Crippen LogP contribution is -2.58. The number of esters is 1. The number of benzene rings is 1. The average molecular weight is 289 g/mol. The summed E-state index contributed by atoms with van der Waals surface area (Å²) in [4.78, 5) is 26.1. The third kappa shape index (κ3) is 2.94. The van der Waals surface area contributed by atoms with Crippen molar-refractivity contribution in [2.24, 2.45) is 0 Å². The van der Waals surface area contributed by atoms with Crippen molar-refractivity contribution in [2.45, 2.75) is 45.6 Å². The topological polar surface area (TPSA) is 46.6 Å². The number of amides is 1. The van der Waals surface area contributed by atoms with Gasteiger partial charge in [-0.1, -0.05) is 32.9 Å². The zero-order valence-electron chi connectivity index (χ0n) is 13.4. The quantitative estimate of drug-likeness (QED) is 0.747. The molecule has 0 aromatic heterocycles. The van der Waals surface area contributed by atoms with E-state index in [4.69, 9.17) is 4.74 Å². The standard InChI is InChI=1S/C17H23NO3/c1-16(2,3)13-8-6-12(7-9-13)14(19)18-10-11-21-15(20)17(18,4)5/h6-9H,10-11H2,1-5H3. The van der Waals surface area contributed by atoms with Gasteiger partial charge in [0.15, 0.2) is 0 Å². The summed E-state index contributed by atoms with van der Waals surface area (Å²) in [5, 5.41) is 0. The Morgan fingerprint density at radius 1 is 1.19 bits per heavy atom. The maximum atomic E-state index is 12.6. The van der Waals surface area contributed by atoms with E-state index >= 15 is 0 Å². The summed E-state index contributed by atoms with van der Waals surface area (Å²) in [5.74, 6) is -0.481. The first-order chi connectivity index (χ1) is 9.64. The van der Waals surface area contributed by atoms with E-state index in [1.54, 1.807) is 18.7 Å². The molecule has 114 valence electrons. The summed E-state index contributed by atoms with van der Waals surface area (Å²) >= 11 is 0. The van der Waals surface area contributed by atoms with Gasteiger partial charge in [0.25, 0.3) is 5.91 Å². The minimum atomic E-state index is -0.919. The number of rotatable bonds is 1. The molecule has 1 amide bonds. The highest BCUT2D eigenvalue weighted by Crippen LogP contribution is 2.25. The number of hydrogen-bond acceptors (Lipinski definition) is 3. The predicted octanol–water partition coefficient (Wildman–Crippen LogP) is 2.76. The van der Waals surface area contributed by atoms with Crippen molar-refractivity contribution in [2.75, 3.05) is 13.2 Å². The normalized spacial score (nSPS) is 18.3. The molecule has 1 aliphatic heterocycles. The minimum absolute atomic E-state index is 0.0514. The Balaban J connectivity index is 2.26. The van der Waals surface area contributed by atoms with Crippen molar-refractivity contribution in [1.29, 1.82) is 0 Å². The fourth-order valence-corrected chi connectivity index (χ4v) is 2.42. The van der Waals surface area contributed by atoms with Gasteiger partial charge in [-0.15, -0.1) is 0 Å². The van der Waals surface area contributed by atoms with Crippen LogP contribution in [0.4, 0.5) is 0 Å². The van der Waals surface area contributed by atoms with Gasteiger partial charge in [0.2, 0.25) is 0 Å². The summed E-state index contributed by atoms with van der Waals surface area (Å²) in [6.07, 6.45) is 0. The molecule has 0 unspecified atom stereocenters. The maximum absolute atomic E-state index is 12.6. The molecule has 0 aliphatic carbocycles. The number of cyclic esters (lactones) is 1. The van der Waals surface area contributed by atoms with Crippen LogP contribution in [-0.2, 0) is 14.9 Å². The lowest BCUT2D eigenvalue weighted by Gasteiger charge is -2.40. The Morgan fingerprint density at radius 2 is 1.76 bits per heavy atom. The number of ether oxygens (including phenoxy) is 1. The molecule has 1 aromatic rings. The highest BCUT2D eigenvalue weighted by molar-refractivity contribution is 5.98. The molecule has 0 spiro atoms. The van der Waals surface area contributed by atoms with Gasteiger partial charge in [0.1, 0.15) is 12.1 Å². The molecule has 4 heteroatoms. The summed E-state index contributed by atoms with van der Waals surface area (Å²) in [6, 6.07) is 7.61. The fourth-order valence-electron chi connectivity index (χ4n) is 2.42. The van der Waals surface area contributed by atoms with E-state index in [0.717, 1.165) is 0 Å². The van der Waals surface area contributed by atoms with Gasteiger partial charge in [0.05, 0.1) is 6.54 Å². The lowest BCUT2D eigenvalue weighted by atomic mass is 9.86. The second-order valence-corrected chi connectivity index (χ2v) is 6.98. The Kier molecular flexibility index (Phi) is 3.83. The van der Waals surface area contributed by atoms with Crippen molar-refractivity contribution in [3.05, 3.63) is 35.4 Å². The molecule has 1 heterocycles. The SMILES string of the molecule is CC(C)(C)c1ccc(C(=O)N2CCOC(=O)C2(C)C)cc1. The van der Waals surface area contributed by atoms with E-state index in [-0.39, 0.29) is 23.9 Å². The maximum Gasteiger partial charge on any atom is 0.331 e. The van der Waals surface area contributed by atoms with Crippen molar-refractivity contribution >= 4 is 11.9 Å². The fraction of sp³-hybridized carbons (Fsp3) is 0.529. The smallest absolute Gasteiger partial charge is 0.331 e. The number of nitrogens with zero attached hydrogens (tertiary/aromatic N) is 1. The van der Waals surface area contributed by atoms with Crippen LogP contribution < -0.4 is 0 Å². The van der Waals surface area contributed by atoms with Gasteiger partial charge in [-0.3, -0.25) is 4.79 Å². The molecular formula is C17H23NO3. The first-order valence-electron chi connectivity index (χ1n) is 7.24. The summed E-state index contributed by atoms with van der Waals surface area (Å²) in [6.45, 7) is 10.5. The second-order valence-electron chi connectivity index (χ2n) is 6.98. The van der Waals surface area contributed by atoms with E-state index < -0.39 is 5.54 Å². The first-order valence-corrected chi connectivity index (χ1v) is 7.24. The van der Waals surface area contributed by atoms with E-state index in [2.05, 4.69) is 20.8 Å². The molecule has 21 heavy (non-hydrogen) atoms. The second kappa shape index (κ2) is 5.17. The van der Waals surface area contributed by atoms with Crippen LogP contribution in [0.3, 0.4) is 0 Å². The molecule has 0 bridgehead atoms. The molecule has 0 radical (unpaired) electrons. The van der Waals surface area contributed by atoms with Gasteiger partial charge in [-0.25, -0.2) is 4.79 Å². The van der Waals surface area contributed by atoms with Gasteiger partial charge in [0, 0.05) is 5.56 Å². The highest BCUT2D eigenvalue weighted by Gasteiger charge is 2.42. The largest absolute Gasteiger partial charge is 0.462 e. The first kappa shape index (κ1) is 15.5. The molecule has 4 nitrogen and oxygen atoms in total. The molecule has 1 saturated heterocycles. The number of carbonyl (C=O) groups excluding carboxylic acids is 2. The average Bonchev–Trinajstić information content (AvgIpc) is 2.40. The highest BCUT2D eigenvalue weighted by atomic mass is 16.5. The number of carbonyl (C=O) groups is 2. The third-order valence-corrected chi connectivity index (χ3v) is 3.97. The Bertz CT molecular complexity index is 552. The van der Waals surface area contributed by atoms with Gasteiger partial charge < -0.3 is 9.64 Å². The van der Waals surface area contributed by atoms with Crippen molar-refractivity contribution in [1.82, 2.24) is 4.90 Å². The zero-order chi connectivity index (χ0) is 15.8. The molecule has 0 N–H and O–H groups in total. The van der Waals surface area contributed by atoms with Crippen molar-refractivity contribution < 1.29 is 14.3 Å². The van der Waals surface area contributed by atoms with E-state index in [0.29, 0.717) is 12.1 Å². The van der Waals surface area contributed by atoms with Crippen LogP contribution in [0.25, 0.3) is 0 Å². The number of morpholine rings is 1. The van der Waals surface area contributed by atoms with E-state index in [1.807, 2.05) is 24.3 Å².